The Morgan fingerprint density at radius 2 is 1.90 bits per heavy atom. The summed E-state index contributed by atoms with van der Waals surface area (Å²) < 4.78 is 11.7. The van der Waals surface area contributed by atoms with Crippen LogP contribution in [0.3, 0.4) is 0 Å². The lowest BCUT2D eigenvalue weighted by Crippen LogP contribution is -2.24. The Labute approximate surface area is 74.4 Å². The molecular weight excluding hydrogens is 243 g/mol. The minimum absolute atomic E-state index is 0.385. The van der Waals surface area contributed by atoms with Crippen molar-refractivity contribution in [2.24, 2.45) is 5.92 Å². The van der Waals surface area contributed by atoms with Crippen LogP contribution in [-0.4, -0.2) is 29.3 Å². The Kier molecular flexibility index (Phi) is 1.90. The van der Waals surface area contributed by atoms with Gasteiger partial charge in [-0.1, -0.05) is 29.5 Å². The molecule has 2 aliphatic rings. The molecule has 2 rings (SSSR count). The molecule has 1 unspecified atom stereocenters. The number of fused-ring (bicyclic) bond motifs is 1. The van der Waals surface area contributed by atoms with E-state index in [-0.39, 0.29) is 0 Å². The fraction of sp³-hybridized carbons (Fsp3) is 1.00. The van der Waals surface area contributed by atoms with E-state index in [1.807, 2.05) is 0 Å². The fourth-order valence-electron chi connectivity index (χ4n) is 1.64. The van der Waals surface area contributed by atoms with Gasteiger partial charge < -0.3 is 9.47 Å². The summed E-state index contributed by atoms with van der Waals surface area (Å²) in [4.78, 5) is 0. The van der Waals surface area contributed by atoms with Crippen LogP contribution in [0.1, 0.15) is 6.92 Å². The molecule has 58 valence electrons. The van der Waals surface area contributed by atoms with Crippen LogP contribution in [0.15, 0.2) is 0 Å². The van der Waals surface area contributed by atoms with E-state index in [0.29, 0.717) is 22.1 Å². The third-order valence-corrected chi connectivity index (χ3v) is 3.31. The number of hydrogen-bond donors (Lipinski definition) is 0. The van der Waals surface area contributed by atoms with Crippen LogP contribution in [0.5, 0.6) is 0 Å². The third-order valence-electron chi connectivity index (χ3n) is 2.24. The van der Waals surface area contributed by atoms with Gasteiger partial charge in [0.05, 0.1) is 29.3 Å². The molecule has 3 heteroatoms. The molecule has 2 aliphatic heterocycles. The Hall–Kier alpha value is 0.650. The summed E-state index contributed by atoms with van der Waals surface area (Å²) in [5.41, 5.74) is 0. The Balaban J connectivity index is 2.09. The van der Waals surface area contributed by atoms with Crippen LogP contribution >= 0.6 is 22.6 Å². The first kappa shape index (κ1) is 7.31. The Bertz CT molecular complexity index is 124. The molecule has 0 spiro atoms. The van der Waals surface area contributed by atoms with Crippen molar-refractivity contribution >= 4 is 22.6 Å². The molecule has 0 radical (unpaired) electrons. The number of halogens is 1. The highest BCUT2D eigenvalue weighted by molar-refractivity contribution is 14.1. The summed E-state index contributed by atoms with van der Waals surface area (Å²) >= 11 is 2.41. The lowest BCUT2D eigenvalue weighted by atomic mass is 10.1. The van der Waals surface area contributed by atoms with Crippen LogP contribution in [0.25, 0.3) is 0 Å². The highest BCUT2D eigenvalue weighted by Crippen LogP contribution is 2.34. The zero-order valence-corrected chi connectivity index (χ0v) is 8.08. The SMILES string of the molecule is C[C@H]1COC2[C@@H](I)CO[C@@H]21. The molecule has 2 fully saturated rings. The maximum atomic E-state index is 5.57. The van der Waals surface area contributed by atoms with Crippen molar-refractivity contribution in [1.29, 1.82) is 0 Å². The molecular formula is C7H11IO2. The van der Waals surface area contributed by atoms with Crippen LogP contribution in [0.4, 0.5) is 0 Å². The van der Waals surface area contributed by atoms with E-state index in [1.54, 1.807) is 0 Å². The van der Waals surface area contributed by atoms with Crippen molar-refractivity contribution in [3.63, 3.8) is 0 Å². The van der Waals surface area contributed by atoms with Gasteiger partial charge in [0.1, 0.15) is 0 Å². The molecule has 0 aromatic rings. The zero-order valence-electron chi connectivity index (χ0n) is 5.92. The van der Waals surface area contributed by atoms with E-state index in [0.717, 1.165) is 13.2 Å². The summed E-state index contributed by atoms with van der Waals surface area (Å²) in [6.07, 6.45) is 0.775. The predicted molar refractivity (Wildman–Crippen MR) is 46.5 cm³/mol. The van der Waals surface area contributed by atoms with Crippen molar-refractivity contribution in [3.05, 3.63) is 0 Å². The Morgan fingerprint density at radius 3 is 2.60 bits per heavy atom. The smallest absolute Gasteiger partial charge is 0.0979 e. The molecule has 0 aliphatic carbocycles. The van der Waals surface area contributed by atoms with Crippen molar-refractivity contribution in [2.75, 3.05) is 13.2 Å². The average Bonchev–Trinajstić information content (AvgIpc) is 2.41. The molecule has 0 saturated carbocycles. The van der Waals surface area contributed by atoms with Crippen molar-refractivity contribution < 1.29 is 9.47 Å². The number of alkyl halides is 1. The molecule has 0 amide bonds. The first-order valence-electron chi connectivity index (χ1n) is 3.66. The minimum Gasteiger partial charge on any atom is -0.374 e. The monoisotopic (exact) mass is 254 g/mol. The quantitative estimate of drug-likeness (QED) is 0.478. The maximum absolute atomic E-state index is 5.57. The van der Waals surface area contributed by atoms with Gasteiger partial charge in [-0.3, -0.25) is 0 Å². The van der Waals surface area contributed by atoms with Crippen molar-refractivity contribution in [2.45, 2.75) is 23.1 Å². The highest BCUT2D eigenvalue weighted by Gasteiger charge is 2.44. The molecule has 10 heavy (non-hydrogen) atoms. The van der Waals surface area contributed by atoms with Gasteiger partial charge in [-0.15, -0.1) is 0 Å². The van der Waals surface area contributed by atoms with Gasteiger partial charge in [0, 0.05) is 5.92 Å². The van der Waals surface area contributed by atoms with Crippen LogP contribution in [-0.2, 0) is 9.47 Å². The van der Waals surface area contributed by atoms with Gasteiger partial charge in [-0.05, 0) is 0 Å². The normalized spacial score (nSPS) is 53.4. The lowest BCUT2D eigenvalue weighted by Gasteiger charge is -2.10. The maximum Gasteiger partial charge on any atom is 0.0979 e. The molecule has 0 N–H and O–H groups in total. The standard InChI is InChI=1S/C7H11IO2/c1-4-2-9-7-5(8)3-10-6(4)7/h4-7H,2-3H2,1H3/t4-,5-,6+,7?/m0/s1. The largest absolute Gasteiger partial charge is 0.374 e. The number of rotatable bonds is 0. The molecule has 0 aromatic heterocycles. The lowest BCUT2D eigenvalue weighted by molar-refractivity contribution is 0.0661. The third kappa shape index (κ3) is 0.987. The first-order valence-corrected chi connectivity index (χ1v) is 4.91. The van der Waals surface area contributed by atoms with E-state index in [9.17, 15) is 0 Å². The van der Waals surface area contributed by atoms with Gasteiger partial charge in [0.25, 0.3) is 0 Å². The van der Waals surface area contributed by atoms with E-state index in [4.69, 9.17) is 9.47 Å². The number of hydrogen-bond acceptors (Lipinski definition) is 2. The summed E-state index contributed by atoms with van der Waals surface area (Å²) in [6.45, 7) is 3.95. The van der Waals surface area contributed by atoms with Gasteiger partial charge in [0.2, 0.25) is 0 Å². The summed E-state index contributed by atoms with van der Waals surface area (Å²) in [6, 6.07) is 0. The summed E-state index contributed by atoms with van der Waals surface area (Å²) in [7, 11) is 0. The Morgan fingerprint density at radius 1 is 1.20 bits per heavy atom. The molecule has 0 aromatic carbocycles. The minimum atomic E-state index is 0.385. The van der Waals surface area contributed by atoms with Crippen molar-refractivity contribution in [1.82, 2.24) is 0 Å². The van der Waals surface area contributed by atoms with E-state index in [2.05, 4.69) is 29.5 Å². The second kappa shape index (κ2) is 2.60. The topological polar surface area (TPSA) is 18.5 Å². The first-order chi connectivity index (χ1) is 4.79. The van der Waals surface area contributed by atoms with Gasteiger partial charge in [-0.2, -0.15) is 0 Å². The average molecular weight is 254 g/mol. The van der Waals surface area contributed by atoms with Crippen LogP contribution in [0.2, 0.25) is 0 Å². The van der Waals surface area contributed by atoms with Crippen molar-refractivity contribution in [3.8, 4) is 0 Å². The molecule has 2 saturated heterocycles. The van der Waals surface area contributed by atoms with Gasteiger partial charge in [-0.25, -0.2) is 0 Å². The second-order valence-electron chi connectivity index (χ2n) is 3.09. The zero-order chi connectivity index (χ0) is 7.14. The van der Waals surface area contributed by atoms with Crippen LogP contribution in [0, 0.1) is 5.92 Å². The van der Waals surface area contributed by atoms with E-state index < -0.39 is 0 Å². The van der Waals surface area contributed by atoms with Crippen LogP contribution < -0.4 is 0 Å². The molecule has 2 nitrogen and oxygen atoms in total. The van der Waals surface area contributed by atoms with Gasteiger partial charge in [0.15, 0.2) is 0 Å². The second-order valence-corrected chi connectivity index (χ2v) is 4.69. The predicted octanol–water partition coefficient (Wildman–Crippen LogP) is 1.22. The molecule has 4 atom stereocenters. The number of ether oxygens (including phenoxy) is 2. The van der Waals surface area contributed by atoms with Gasteiger partial charge >= 0.3 is 0 Å². The van der Waals surface area contributed by atoms with E-state index >= 15 is 0 Å². The highest BCUT2D eigenvalue weighted by atomic mass is 127. The summed E-state index contributed by atoms with van der Waals surface area (Å²) in [5, 5.41) is 0. The summed E-state index contributed by atoms with van der Waals surface area (Å²) in [5.74, 6) is 0.602. The fourth-order valence-corrected chi connectivity index (χ4v) is 2.47. The van der Waals surface area contributed by atoms with E-state index in [1.165, 1.54) is 0 Å². The molecule has 0 bridgehead atoms. The molecule has 2 heterocycles.